The van der Waals surface area contributed by atoms with Gasteiger partial charge < -0.3 is 9.29 Å². The van der Waals surface area contributed by atoms with Crippen molar-refractivity contribution in [1.82, 2.24) is 0 Å². The summed E-state index contributed by atoms with van der Waals surface area (Å²) < 4.78 is 27.2. The van der Waals surface area contributed by atoms with Gasteiger partial charge in [-0.3, -0.25) is 4.21 Å². The van der Waals surface area contributed by atoms with Gasteiger partial charge in [0.2, 0.25) is 0 Å². The van der Waals surface area contributed by atoms with Crippen LogP contribution in [0.3, 0.4) is 0 Å². The summed E-state index contributed by atoms with van der Waals surface area (Å²) in [6, 6.07) is 3.20. The fourth-order valence-corrected chi connectivity index (χ4v) is 1.94. The first-order chi connectivity index (χ1) is 6.06. The van der Waals surface area contributed by atoms with Gasteiger partial charge >= 0.3 is 29.6 Å². The number of aryl methyl sites for hydroxylation is 1. The summed E-state index contributed by atoms with van der Waals surface area (Å²) in [5.74, 6) is 0.369. The molecule has 0 aromatic heterocycles. The molecular weight excluding hydrogens is 279 g/mol. The Balaban J connectivity index is 0.00000169. The minimum Gasteiger partial charge on any atom is -0.768 e. The fourth-order valence-electron chi connectivity index (χ4n) is 0.927. The molecule has 0 saturated carbocycles. The molecule has 0 aliphatic rings. The van der Waals surface area contributed by atoms with Gasteiger partial charge in [-0.05, 0) is 35.7 Å². The van der Waals surface area contributed by atoms with Crippen molar-refractivity contribution >= 4 is 27.0 Å². The van der Waals surface area contributed by atoms with Crippen LogP contribution in [0.1, 0.15) is 5.56 Å². The molecule has 0 aliphatic heterocycles. The quantitative estimate of drug-likeness (QED) is 0.518. The Morgan fingerprint density at radius 3 is 2.50 bits per heavy atom. The van der Waals surface area contributed by atoms with Crippen molar-refractivity contribution in [2.24, 2.45) is 0 Å². The molecule has 0 heterocycles. The van der Waals surface area contributed by atoms with Gasteiger partial charge in [0, 0.05) is 4.47 Å². The van der Waals surface area contributed by atoms with E-state index in [0.29, 0.717) is 5.75 Å². The molecule has 72 valence electrons. The van der Waals surface area contributed by atoms with Crippen LogP contribution < -0.4 is 34.3 Å². The number of rotatable bonds is 2. The molecule has 1 aromatic rings. The van der Waals surface area contributed by atoms with Crippen molar-refractivity contribution in [3.63, 3.8) is 0 Å². The maximum absolute atomic E-state index is 10.7. The maximum Gasteiger partial charge on any atom is 1.00 e. The Bertz CT molecular complexity index is 357. The van der Waals surface area contributed by atoms with Gasteiger partial charge in [-0.1, -0.05) is 15.9 Å². The van der Waals surface area contributed by atoms with Crippen LogP contribution in [-0.2, 0) is 11.1 Å². The van der Waals surface area contributed by atoms with Crippen molar-refractivity contribution in [3.05, 3.63) is 22.2 Å². The molecule has 14 heavy (non-hydrogen) atoms. The van der Waals surface area contributed by atoms with Gasteiger partial charge in [-0.2, -0.15) is 0 Å². The summed E-state index contributed by atoms with van der Waals surface area (Å²) in [5, 5.41) is 0. The molecule has 1 aromatic carbocycles. The van der Waals surface area contributed by atoms with Crippen molar-refractivity contribution < 1.29 is 43.1 Å². The van der Waals surface area contributed by atoms with Crippen molar-refractivity contribution in [2.45, 2.75) is 11.8 Å². The monoisotopic (exact) mass is 286 g/mol. The van der Waals surface area contributed by atoms with E-state index in [-0.39, 0.29) is 34.5 Å². The van der Waals surface area contributed by atoms with Crippen molar-refractivity contribution in [1.29, 1.82) is 0 Å². The van der Waals surface area contributed by atoms with Crippen LogP contribution in [0, 0.1) is 6.92 Å². The third-order valence-electron chi connectivity index (χ3n) is 1.62. The van der Waals surface area contributed by atoms with Gasteiger partial charge in [-0.15, -0.1) is 0 Å². The van der Waals surface area contributed by atoms with E-state index in [1.54, 1.807) is 6.07 Å². The second-order valence-corrected chi connectivity index (χ2v) is 4.25. The van der Waals surface area contributed by atoms with Crippen LogP contribution in [0.15, 0.2) is 21.5 Å². The van der Waals surface area contributed by atoms with E-state index in [1.807, 2.05) is 6.92 Å². The maximum atomic E-state index is 10.7. The minimum atomic E-state index is -2.26. The van der Waals surface area contributed by atoms with E-state index in [0.717, 1.165) is 10.0 Å². The number of hydrogen-bond donors (Lipinski definition) is 0. The average Bonchev–Trinajstić information content (AvgIpc) is 2.08. The Morgan fingerprint density at radius 1 is 1.50 bits per heavy atom. The van der Waals surface area contributed by atoms with E-state index in [4.69, 9.17) is 4.74 Å². The standard InChI is InChI=1S/C8H9BrO3S.Na/c1-5-3-7(12-2)8(13(10)11)4-6(5)9;/h3-4H,1-2H3,(H,10,11);/q;+1/p-1. The van der Waals surface area contributed by atoms with E-state index < -0.39 is 11.1 Å². The second kappa shape index (κ2) is 6.25. The smallest absolute Gasteiger partial charge is 0.768 e. The molecule has 0 fully saturated rings. The van der Waals surface area contributed by atoms with Crippen LogP contribution in [0.25, 0.3) is 0 Å². The summed E-state index contributed by atoms with van der Waals surface area (Å²) in [6.45, 7) is 1.87. The summed E-state index contributed by atoms with van der Waals surface area (Å²) >= 11 is 0.985. The Kier molecular flexibility index (Phi) is 6.52. The van der Waals surface area contributed by atoms with Gasteiger partial charge in [0.1, 0.15) is 5.75 Å². The molecule has 1 rings (SSSR count). The topological polar surface area (TPSA) is 49.4 Å². The summed E-state index contributed by atoms with van der Waals surface area (Å²) in [6.07, 6.45) is 0. The molecule has 0 amide bonds. The van der Waals surface area contributed by atoms with Gasteiger partial charge in [0.25, 0.3) is 0 Å². The molecule has 0 saturated heterocycles. The molecule has 0 aliphatic carbocycles. The molecule has 1 atom stereocenters. The van der Waals surface area contributed by atoms with Crippen LogP contribution in [0.5, 0.6) is 5.75 Å². The largest absolute Gasteiger partial charge is 1.00 e. The third-order valence-corrected chi connectivity index (χ3v) is 3.16. The minimum absolute atomic E-state index is 0. The molecule has 0 spiro atoms. The zero-order chi connectivity index (χ0) is 10.0. The molecule has 1 unspecified atom stereocenters. The third kappa shape index (κ3) is 3.32. The summed E-state index contributed by atoms with van der Waals surface area (Å²) in [7, 11) is 1.44. The number of methoxy groups -OCH3 is 1. The van der Waals surface area contributed by atoms with E-state index in [9.17, 15) is 8.76 Å². The van der Waals surface area contributed by atoms with E-state index in [1.165, 1.54) is 13.2 Å². The molecule has 0 N–H and O–H groups in total. The number of benzene rings is 1. The Hall–Kier alpha value is 0.610. The van der Waals surface area contributed by atoms with E-state index >= 15 is 0 Å². The van der Waals surface area contributed by atoms with Crippen LogP contribution >= 0.6 is 15.9 Å². The van der Waals surface area contributed by atoms with E-state index in [2.05, 4.69) is 15.9 Å². The zero-order valence-electron chi connectivity index (χ0n) is 8.17. The molecule has 0 radical (unpaired) electrons. The van der Waals surface area contributed by atoms with Crippen LogP contribution in [-0.4, -0.2) is 15.9 Å². The number of halogens is 1. The first kappa shape index (κ1) is 14.6. The molecular formula is C8H8BrNaO3S. The van der Waals surface area contributed by atoms with Gasteiger partial charge in [-0.25, -0.2) is 0 Å². The molecule has 0 bridgehead atoms. The predicted octanol–water partition coefficient (Wildman–Crippen LogP) is -0.992. The van der Waals surface area contributed by atoms with Gasteiger partial charge in [0.05, 0.1) is 12.0 Å². The SMILES string of the molecule is COc1cc(C)c(Br)cc1S(=O)[O-].[Na+]. The fraction of sp³-hybridized carbons (Fsp3) is 0.250. The van der Waals surface area contributed by atoms with Crippen LogP contribution in [0.2, 0.25) is 0 Å². The Labute approximate surface area is 116 Å². The number of ether oxygens (including phenoxy) is 1. The number of hydrogen-bond acceptors (Lipinski definition) is 3. The summed E-state index contributed by atoms with van der Waals surface area (Å²) in [5.41, 5.74) is 0.936. The Morgan fingerprint density at radius 2 is 2.07 bits per heavy atom. The molecule has 6 heteroatoms. The second-order valence-electron chi connectivity index (χ2n) is 2.49. The average molecular weight is 287 g/mol. The van der Waals surface area contributed by atoms with Crippen LogP contribution in [0.4, 0.5) is 0 Å². The first-order valence-corrected chi connectivity index (χ1v) is 5.36. The zero-order valence-corrected chi connectivity index (χ0v) is 12.6. The van der Waals surface area contributed by atoms with Crippen molar-refractivity contribution in [3.8, 4) is 5.75 Å². The van der Waals surface area contributed by atoms with Gasteiger partial charge in [0.15, 0.2) is 0 Å². The summed E-state index contributed by atoms with van der Waals surface area (Å²) in [4.78, 5) is 0.167. The molecule has 3 nitrogen and oxygen atoms in total. The van der Waals surface area contributed by atoms with Crippen molar-refractivity contribution in [2.75, 3.05) is 7.11 Å². The normalized spacial score (nSPS) is 11.7. The predicted molar refractivity (Wildman–Crippen MR) is 52.6 cm³/mol. The first-order valence-electron chi connectivity index (χ1n) is 3.49.